The van der Waals surface area contributed by atoms with Gasteiger partial charge in [0.25, 0.3) is 0 Å². The molecule has 0 fully saturated rings. The molecule has 0 saturated heterocycles. The zero-order valence-electron chi connectivity index (χ0n) is 18.3. The smallest absolute Gasteiger partial charge is 0.387 e. The van der Waals surface area contributed by atoms with Gasteiger partial charge in [-0.15, -0.1) is 17.9 Å². The highest BCUT2D eigenvalue weighted by molar-refractivity contribution is 7.07. The number of benzene rings is 2. The first-order valence-corrected chi connectivity index (χ1v) is 10.6. The normalized spacial score (nSPS) is 11.8. The van der Waals surface area contributed by atoms with Crippen LogP contribution in [0.5, 0.6) is 23.0 Å². The minimum Gasteiger partial charge on any atom is -0.496 e. The molecule has 0 unspecified atom stereocenters. The second kappa shape index (κ2) is 11.3. The molecule has 1 aromatic heterocycles. The fraction of sp³-hybridized carbons (Fsp3) is 0.217. The summed E-state index contributed by atoms with van der Waals surface area (Å²) in [5.74, 6) is 1.68. The maximum Gasteiger partial charge on any atom is 0.387 e. The Morgan fingerprint density at radius 3 is 2.30 bits per heavy atom. The van der Waals surface area contributed by atoms with Crippen LogP contribution >= 0.6 is 11.3 Å². The minimum atomic E-state index is -2.88. The van der Waals surface area contributed by atoms with Gasteiger partial charge in [0.2, 0.25) is 4.80 Å². The van der Waals surface area contributed by atoms with E-state index >= 15 is 0 Å². The topological polar surface area (TPSA) is 66.6 Å². The van der Waals surface area contributed by atoms with Crippen LogP contribution < -0.4 is 23.7 Å². The molecule has 0 spiro atoms. The molecular formula is C23H23F2N3O4S. The van der Waals surface area contributed by atoms with Crippen molar-refractivity contribution in [1.29, 1.82) is 0 Å². The zero-order valence-corrected chi connectivity index (χ0v) is 19.1. The molecule has 0 bridgehead atoms. The molecule has 0 aliphatic carbocycles. The maximum atomic E-state index is 12.5. The van der Waals surface area contributed by atoms with E-state index in [1.807, 2.05) is 5.38 Å². The molecule has 2 aromatic carbocycles. The standard InChI is InChI=1S/C23H23F2N3O4S/c1-5-10-26-23-28(18(14-33-23)15-6-8-17(9-7-15)32-22(24)25)27-13-16-11-20(30-3)21(31-4)12-19(16)29-2/h5-9,11-14,22H,1,10H2,2-4H3. The Hall–Kier alpha value is -3.66. The number of ether oxygens (including phenoxy) is 4. The highest BCUT2D eigenvalue weighted by Gasteiger charge is 2.12. The molecule has 33 heavy (non-hydrogen) atoms. The van der Waals surface area contributed by atoms with Crippen molar-refractivity contribution in [2.24, 2.45) is 10.1 Å². The van der Waals surface area contributed by atoms with E-state index in [1.54, 1.807) is 62.6 Å². The van der Waals surface area contributed by atoms with E-state index < -0.39 is 6.61 Å². The van der Waals surface area contributed by atoms with Crippen molar-refractivity contribution in [1.82, 2.24) is 4.68 Å². The third kappa shape index (κ3) is 5.78. The Kier molecular flexibility index (Phi) is 8.20. The van der Waals surface area contributed by atoms with Crippen molar-refractivity contribution in [2.75, 3.05) is 27.9 Å². The van der Waals surface area contributed by atoms with E-state index in [-0.39, 0.29) is 5.75 Å². The summed E-state index contributed by atoms with van der Waals surface area (Å²) in [5.41, 5.74) is 2.14. The summed E-state index contributed by atoms with van der Waals surface area (Å²) in [4.78, 5) is 5.13. The molecule has 0 saturated carbocycles. The number of halogens is 2. The van der Waals surface area contributed by atoms with Gasteiger partial charge in [0.05, 0.1) is 39.8 Å². The van der Waals surface area contributed by atoms with Gasteiger partial charge in [0.1, 0.15) is 11.5 Å². The van der Waals surface area contributed by atoms with Gasteiger partial charge in [-0.25, -0.2) is 4.68 Å². The lowest BCUT2D eigenvalue weighted by Crippen LogP contribution is -2.12. The van der Waals surface area contributed by atoms with Crippen molar-refractivity contribution in [2.45, 2.75) is 6.61 Å². The van der Waals surface area contributed by atoms with E-state index in [4.69, 9.17) is 14.2 Å². The van der Waals surface area contributed by atoms with E-state index in [2.05, 4.69) is 21.4 Å². The van der Waals surface area contributed by atoms with E-state index in [0.29, 0.717) is 34.2 Å². The van der Waals surface area contributed by atoms with Crippen molar-refractivity contribution >= 4 is 17.6 Å². The Morgan fingerprint density at radius 1 is 1.03 bits per heavy atom. The lowest BCUT2D eigenvalue weighted by Gasteiger charge is -2.12. The summed E-state index contributed by atoms with van der Waals surface area (Å²) in [7, 11) is 4.64. The zero-order chi connectivity index (χ0) is 23.8. The molecule has 0 radical (unpaired) electrons. The number of thiazole rings is 1. The van der Waals surface area contributed by atoms with Gasteiger partial charge in [-0.2, -0.15) is 13.9 Å². The molecule has 0 atom stereocenters. The maximum absolute atomic E-state index is 12.5. The fourth-order valence-electron chi connectivity index (χ4n) is 2.94. The Morgan fingerprint density at radius 2 is 1.70 bits per heavy atom. The summed E-state index contributed by atoms with van der Waals surface area (Å²) in [6.45, 7) is 1.23. The second-order valence-corrected chi connectivity index (χ2v) is 7.28. The van der Waals surface area contributed by atoms with Gasteiger partial charge in [0.15, 0.2) is 11.5 Å². The quantitative estimate of drug-likeness (QED) is 0.312. The first-order chi connectivity index (χ1) is 16.0. The molecule has 0 aliphatic rings. The van der Waals surface area contributed by atoms with Gasteiger partial charge < -0.3 is 18.9 Å². The molecule has 3 aromatic rings. The molecule has 7 nitrogen and oxygen atoms in total. The fourth-order valence-corrected chi connectivity index (χ4v) is 3.79. The molecule has 0 N–H and O–H groups in total. The summed E-state index contributed by atoms with van der Waals surface area (Å²) >= 11 is 1.39. The number of alkyl halides is 2. The van der Waals surface area contributed by atoms with Gasteiger partial charge in [-0.1, -0.05) is 6.08 Å². The van der Waals surface area contributed by atoms with Gasteiger partial charge in [-0.05, 0) is 30.3 Å². The first kappa shape index (κ1) is 24.0. The van der Waals surface area contributed by atoms with Crippen LogP contribution in [0.15, 0.2) is 64.5 Å². The van der Waals surface area contributed by atoms with Crippen molar-refractivity contribution in [3.8, 4) is 34.3 Å². The molecule has 10 heteroatoms. The second-order valence-electron chi connectivity index (χ2n) is 6.44. The van der Waals surface area contributed by atoms with E-state index in [9.17, 15) is 8.78 Å². The summed E-state index contributed by atoms with van der Waals surface area (Å²) < 4.78 is 47.2. The Bertz CT molecular complexity index is 1190. The summed E-state index contributed by atoms with van der Waals surface area (Å²) in [5, 5.41) is 6.51. The summed E-state index contributed by atoms with van der Waals surface area (Å²) in [6, 6.07) is 9.78. The number of aromatic nitrogens is 1. The van der Waals surface area contributed by atoms with Crippen LogP contribution in [0, 0.1) is 0 Å². The number of hydrogen-bond acceptors (Lipinski definition) is 7. The molecule has 0 aliphatic heterocycles. The Balaban J connectivity index is 2.06. The average molecular weight is 476 g/mol. The lowest BCUT2D eigenvalue weighted by molar-refractivity contribution is -0.0498. The molecule has 1 heterocycles. The Labute approximate surface area is 193 Å². The van der Waals surface area contributed by atoms with Crippen LogP contribution in [-0.4, -0.2) is 45.4 Å². The van der Waals surface area contributed by atoms with Crippen LogP contribution in [0.2, 0.25) is 0 Å². The van der Waals surface area contributed by atoms with E-state index in [0.717, 1.165) is 11.3 Å². The number of nitrogens with zero attached hydrogens (tertiary/aromatic N) is 3. The molecule has 174 valence electrons. The van der Waals surface area contributed by atoms with Crippen molar-refractivity contribution < 1.29 is 27.7 Å². The first-order valence-electron chi connectivity index (χ1n) is 9.72. The number of methoxy groups -OCH3 is 3. The summed E-state index contributed by atoms with van der Waals surface area (Å²) in [6.07, 6.45) is 3.31. The third-order valence-electron chi connectivity index (χ3n) is 4.46. The number of hydrogen-bond donors (Lipinski definition) is 0. The predicted molar refractivity (Wildman–Crippen MR) is 124 cm³/mol. The molecule has 3 rings (SSSR count). The molecular weight excluding hydrogens is 452 g/mol. The number of rotatable bonds is 10. The van der Waals surface area contributed by atoms with Crippen LogP contribution in [-0.2, 0) is 0 Å². The lowest BCUT2D eigenvalue weighted by atomic mass is 10.1. The van der Waals surface area contributed by atoms with Gasteiger partial charge >= 0.3 is 6.61 Å². The largest absolute Gasteiger partial charge is 0.496 e. The molecule has 0 amide bonds. The van der Waals surface area contributed by atoms with Crippen molar-refractivity contribution in [3.63, 3.8) is 0 Å². The predicted octanol–water partition coefficient (Wildman–Crippen LogP) is 4.81. The van der Waals surface area contributed by atoms with Crippen LogP contribution in [0.25, 0.3) is 11.3 Å². The van der Waals surface area contributed by atoms with Crippen LogP contribution in [0.4, 0.5) is 8.78 Å². The van der Waals surface area contributed by atoms with Gasteiger partial charge in [-0.3, -0.25) is 4.99 Å². The average Bonchev–Trinajstić information content (AvgIpc) is 3.23. The SMILES string of the molecule is C=CCN=c1scc(-c2ccc(OC(F)F)cc2)n1N=Cc1cc(OC)c(OC)cc1OC. The van der Waals surface area contributed by atoms with Crippen LogP contribution in [0.3, 0.4) is 0 Å². The highest BCUT2D eigenvalue weighted by Crippen LogP contribution is 2.34. The van der Waals surface area contributed by atoms with Crippen molar-refractivity contribution in [3.05, 3.63) is 64.8 Å². The third-order valence-corrected chi connectivity index (χ3v) is 5.32. The minimum absolute atomic E-state index is 0.0747. The monoisotopic (exact) mass is 475 g/mol. The highest BCUT2D eigenvalue weighted by atomic mass is 32.1. The van der Waals surface area contributed by atoms with E-state index in [1.165, 1.54) is 23.5 Å². The van der Waals surface area contributed by atoms with Crippen LogP contribution in [0.1, 0.15) is 5.56 Å². The van der Waals surface area contributed by atoms with Gasteiger partial charge in [0, 0.05) is 22.6 Å².